The molecular weight excluding hydrogens is 246 g/mol. The lowest BCUT2D eigenvalue weighted by molar-refractivity contribution is -0.0755. The Balaban J connectivity index is 1.68. The van der Waals surface area contributed by atoms with Crippen LogP contribution in [-0.4, -0.2) is 17.2 Å². The van der Waals surface area contributed by atoms with Gasteiger partial charge in [-0.15, -0.1) is 0 Å². The second-order valence-corrected chi connectivity index (χ2v) is 7.64. The van der Waals surface area contributed by atoms with Crippen LogP contribution in [0.4, 0.5) is 5.69 Å². The van der Waals surface area contributed by atoms with Crippen molar-refractivity contribution in [2.75, 3.05) is 5.32 Å². The van der Waals surface area contributed by atoms with E-state index in [9.17, 15) is 0 Å². The largest absolute Gasteiger partial charge is 0.382 e. The lowest BCUT2D eigenvalue weighted by atomic mass is 9.80. The number of anilines is 1. The fraction of sp³-hybridized carbons (Fsp3) is 0.667. The van der Waals surface area contributed by atoms with Crippen LogP contribution in [0.5, 0.6) is 0 Å². The van der Waals surface area contributed by atoms with Crippen molar-refractivity contribution in [3.63, 3.8) is 0 Å². The average molecular weight is 273 g/mol. The smallest absolute Gasteiger partial charge is 0.0663 e. The Morgan fingerprint density at radius 1 is 1.20 bits per heavy atom. The van der Waals surface area contributed by atoms with Crippen molar-refractivity contribution in [2.45, 2.75) is 70.6 Å². The number of fused-ring (bicyclic) bond motifs is 1. The summed E-state index contributed by atoms with van der Waals surface area (Å²) in [5.41, 5.74) is 2.83. The summed E-state index contributed by atoms with van der Waals surface area (Å²) < 4.78 is 6.23. The molecule has 1 aromatic rings. The fourth-order valence-corrected chi connectivity index (χ4v) is 4.06. The maximum absolute atomic E-state index is 6.23. The first-order valence-electron chi connectivity index (χ1n) is 7.90. The normalized spacial score (nSPS) is 30.6. The molecular formula is C18H27NO. The van der Waals surface area contributed by atoms with Crippen molar-refractivity contribution in [2.24, 2.45) is 5.92 Å². The fourth-order valence-electron chi connectivity index (χ4n) is 4.06. The molecule has 20 heavy (non-hydrogen) atoms. The van der Waals surface area contributed by atoms with E-state index in [1.54, 1.807) is 0 Å². The predicted molar refractivity (Wildman–Crippen MR) is 84.1 cm³/mol. The third-order valence-corrected chi connectivity index (χ3v) is 4.97. The Morgan fingerprint density at radius 3 is 2.65 bits per heavy atom. The van der Waals surface area contributed by atoms with Crippen LogP contribution in [0.25, 0.3) is 0 Å². The summed E-state index contributed by atoms with van der Waals surface area (Å²) in [6, 6.07) is 9.30. The van der Waals surface area contributed by atoms with Crippen molar-refractivity contribution in [1.82, 2.24) is 0 Å². The van der Waals surface area contributed by atoms with E-state index in [1.807, 2.05) is 0 Å². The van der Waals surface area contributed by atoms with E-state index in [0.29, 0.717) is 12.0 Å². The quantitative estimate of drug-likeness (QED) is 0.862. The van der Waals surface area contributed by atoms with E-state index in [4.69, 9.17) is 4.74 Å². The van der Waals surface area contributed by atoms with E-state index in [1.165, 1.54) is 36.9 Å². The van der Waals surface area contributed by atoms with Crippen LogP contribution in [-0.2, 0) is 11.2 Å². The molecule has 1 fully saturated rings. The summed E-state index contributed by atoms with van der Waals surface area (Å²) in [4.78, 5) is 0. The zero-order valence-electron chi connectivity index (χ0n) is 13.2. The highest BCUT2D eigenvalue weighted by Gasteiger charge is 2.46. The van der Waals surface area contributed by atoms with E-state index in [2.05, 4.69) is 57.3 Å². The van der Waals surface area contributed by atoms with Gasteiger partial charge in [0.15, 0.2) is 0 Å². The van der Waals surface area contributed by atoms with Crippen molar-refractivity contribution in [1.29, 1.82) is 0 Å². The molecule has 1 N–H and O–H groups in total. The molecule has 2 nitrogen and oxygen atoms in total. The zero-order valence-corrected chi connectivity index (χ0v) is 13.2. The SMILES string of the molecule is CC1(C)CC(CC2CCc3ccccc3N2)C(C)(C)O1. The Morgan fingerprint density at radius 2 is 1.95 bits per heavy atom. The standard InChI is InChI=1S/C18H27NO/c1-17(2)12-14(18(3,4)20-17)11-15-10-9-13-7-5-6-8-16(13)19-15/h5-8,14-15,19H,9-12H2,1-4H3. The topological polar surface area (TPSA) is 21.3 Å². The molecule has 2 atom stereocenters. The Bertz CT molecular complexity index is 492. The minimum absolute atomic E-state index is 0.00213. The molecule has 2 heterocycles. The van der Waals surface area contributed by atoms with Crippen LogP contribution >= 0.6 is 0 Å². The number of hydrogen-bond acceptors (Lipinski definition) is 2. The minimum Gasteiger partial charge on any atom is -0.382 e. The monoisotopic (exact) mass is 273 g/mol. The molecule has 0 bridgehead atoms. The van der Waals surface area contributed by atoms with E-state index < -0.39 is 0 Å². The lowest BCUT2D eigenvalue weighted by Gasteiger charge is -2.33. The molecule has 0 aromatic heterocycles. The van der Waals surface area contributed by atoms with Crippen LogP contribution in [0.1, 0.15) is 52.5 Å². The first-order valence-corrected chi connectivity index (χ1v) is 7.90. The minimum atomic E-state index is 0.00213. The van der Waals surface area contributed by atoms with Gasteiger partial charge in [-0.25, -0.2) is 0 Å². The number of benzene rings is 1. The van der Waals surface area contributed by atoms with Gasteiger partial charge in [0.1, 0.15) is 0 Å². The Labute approximate surface area is 122 Å². The van der Waals surface area contributed by atoms with Crippen LogP contribution in [0.2, 0.25) is 0 Å². The van der Waals surface area contributed by atoms with Crippen LogP contribution in [0.3, 0.4) is 0 Å². The predicted octanol–water partition coefficient (Wildman–Crippen LogP) is 4.40. The van der Waals surface area contributed by atoms with Crippen molar-refractivity contribution >= 4 is 5.69 Å². The summed E-state index contributed by atoms with van der Waals surface area (Å²) in [6.07, 6.45) is 4.82. The molecule has 0 radical (unpaired) electrons. The van der Waals surface area contributed by atoms with Gasteiger partial charge in [0.2, 0.25) is 0 Å². The third kappa shape index (κ3) is 2.71. The van der Waals surface area contributed by atoms with Gasteiger partial charge in [0.25, 0.3) is 0 Å². The first-order chi connectivity index (χ1) is 9.36. The van der Waals surface area contributed by atoms with Crippen molar-refractivity contribution in [3.05, 3.63) is 29.8 Å². The zero-order chi connectivity index (χ0) is 14.4. The molecule has 2 aliphatic rings. The number of hydrogen-bond donors (Lipinski definition) is 1. The molecule has 2 heteroatoms. The summed E-state index contributed by atoms with van der Waals surface area (Å²) in [5, 5.41) is 3.73. The molecule has 110 valence electrons. The number of para-hydroxylation sites is 1. The summed E-state index contributed by atoms with van der Waals surface area (Å²) in [7, 11) is 0. The van der Waals surface area contributed by atoms with Gasteiger partial charge >= 0.3 is 0 Å². The maximum Gasteiger partial charge on any atom is 0.0663 e. The van der Waals surface area contributed by atoms with Crippen LogP contribution < -0.4 is 5.32 Å². The van der Waals surface area contributed by atoms with Crippen LogP contribution in [0, 0.1) is 5.92 Å². The van der Waals surface area contributed by atoms with Gasteiger partial charge in [0.05, 0.1) is 11.2 Å². The molecule has 0 spiro atoms. The highest BCUT2D eigenvalue weighted by molar-refractivity contribution is 5.53. The number of aryl methyl sites for hydroxylation is 1. The molecule has 0 aliphatic carbocycles. The summed E-state index contributed by atoms with van der Waals surface area (Å²) in [5.74, 6) is 0.639. The highest BCUT2D eigenvalue weighted by Crippen LogP contribution is 2.45. The van der Waals surface area contributed by atoms with E-state index >= 15 is 0 Å². The highest BCUT2D eigenvalue weighted by atomic mass is 16.5. The molecule has 2 unspecified atom stereocenters. The van der Waals surface area contributed by atoms with Crippen LogP contribution in [0.15, 0.2) is 24.3 Å². The van der Waals surface area contributed by atoms with E-state index in [-0.39, 0.29) is 11.2 Å². The van der Waals surface area contributed by atoms with Crippen molar-refractivity contribution in [3.8, 4) is 0 Å². The van der Waals surface area contributed by atoms with Gasteiger partial charge in [-0.3, -0.25) is 0 Å². The average Bonchev–Trinajstić information content (AvgIpc) is 2.57. The molecule has 3 rings (SSSR count). The number of ether oxygens (including phenoxy) is 1. The van der Waals surface area contributed by atoms with Gasteiger partial charge in [-0.05, 0) is 70.9 Å². The second-order valence-electron chi connectivity index (χ2n) is 7.64. The maximum atomic E-state index is 6.23. The second kappa shape index (κ2) is 4.77. The molecule has 0 amide bonds. The number of rotatable bonds is 2. The third-order valence-electron chi connectivity index (χ3n) is 4.97. The lowest BCUT2D eigenvalue weighted by Crippen LogP contribution is -2.34. The number of nitrogens with one attached hydrogen (secondary N) is 1. The van der Waals surface area contributed by atoms with Crippen molar-refractivity contribution < 1.29 is 4.74 Å². The Hall–Kier alpha value is -1.02. The molecule has 0 saturated carbocycles. The molecule has 1 saturated heterocycles. The van der Waals surface area contributed by atoms with Gasteiger partial charge in [-0.2, -0.15) is 0 Å². The summed E-state index contributed by atoms with van der Waals surface area (Å²) in [6.45, 7) is 8.95. The Kier molecular flexibility index (Phi) is 3.32. The van der Waals surface area contributed by atoms with E-state index in [0.717, 1.165) is 0 Å². The molecule has 2 aliphatic heterocycles. The molecule has 1 aromatic carbocycles. The summed E-state index contributed by atoms with van der Waals surface area (Å²) >= 11 is 0. The van der Waals surface area contributed by atoms with Gasteiger partial charge in [-0.1, -0.05) is 18.2 Å². The first kappa shape index (κ1) is 13.9. The van der Waals surface area contributed by atoms with Gasteiger partial charge < -0.3 is 10.1 Å². The van der Waals surface area contributed by atoms with Gasteiger partial charge in [0, 0.05) is 11.7 Å².